The van der Waals surface area contributed by atoms with Crippen LogP contribution in [0, 0.1) is 0 Å². The zero-order chi connectivity index (χ0) is 13.7. The lowest BCUT2D eigenvalue weighted by Gasteiger charge is -2.12. The van der Waals surface area contributed by atoms with Gasteiger partial charge in [0.2, 0.25) is 0 Å². The molecule has 5 nitrogen and oxygen atoms in total. The molecule has 1 N–H and O–H groups in total. The second-order valence-electron chi connectivity index (χ2n) is 5.22. The van der Waals surface area contributed by atoms with Crippen LogP contribution >= 0.6 is 0 Å². The van der Waals surface area contributed by atoms with Gasteiger partial charge in [-0.3, -0.25) is 4.68 Å². The summed E-state index contributed by atoms with van der Waals surface area (Å²) in [6, 6.07) is 4.39. The third-order valence-corrected chi connectivity index (χ3v) is 3.13. The fourth-order valence-corrected chi connectivity index (χ4v) is 1.82. The van der Waals surface area contributed by atoms with E-state index in [4.69, 9.17) is 4.52 Å². The van der Waals surface area contributed by atoms with Crippen molar-refractivity contribution in [3.05, 3.63) is 36.0 Å². The Morgan fingerprint density at radius 1 is 1.37 bits per heavy atom. The minimum Gasteiger partial charge on any atom is -0.361 e. The van der Waals surface area contributed by atoms with Gasteiger partial charge in [-0.2, -0.15) is 5.10 Å². The molecule has 1 unspecified atom stereocenters. The first-order valence-corrected chi connectivity index (χ1v) is 6.81. The summed E-state index contributed by atoms with van der Waals surface area (Å²) in [6.45, 7) is 8.05. The van der Waals surface area contributed by atoms with Gasteiger partial charge in [-0.05, 0) is 19.4 Å². The topological polar surface area (TPSA) is 55.9 Å². The highest BCUT2D eigenvalue weighted by Gasteiger charge is 2.09. The average Bonchev–Trinajstić information content (AvgIpc) is 3.05. The molecule has 2 aromatic rings. The van der Waals surface area contributed by atoms with Gasteiger partial charge in [0.1, 0.15) is 5.76 Å². The lowest BCUT2D eigenvalue weighted by Crippen LogP contribution is -2.27. The Morgan fingerprint density at radius 2 is 2.21 bits per heavy atom. The molecular weight excluding hydrogens is 240 g/mol. The van der Waals surface area contributed by atoms with Crippen molar-refractivity contribution in [3.8, 4) is 0 Å². The van der Waals surface area contributed by atoms with Crippen LogP contribution in [0.2, 0.25) is 0 Å². The standard InChI is InChI=1S/C14H22N4O/c1-11(2)14-9-13(17-19-14)10-15-12(3)5-8-18-7-4-6-16-18/h4,6-7,9,11-12,15H,5,8,10H2,1-3H3. The molecule has 0 saturated carbocycles. The van der Waals surface area contributed by atoms with Gasteiger partial charge in [0, 0.05) is 43.5 Å². The van der Waals surface area contributed by atoms with Crippen molar-refractivity contribution in [2.45, 2.75) is 52.2 Å². The van der Waals surface area contributed by atoms with Gasteiger partial charge in [-0.1, -0.05) is 19.0 Å². The molecule has 0 aromatic carbocycles. The number of nitrogens with one attached hydrogen (secondary N) is 1. The summed E-state index contributed by atoms with van der Waals surface area (Å²) in [4.78, 5) is 0. The number of hydrogen-bond acceptors (Lipinski definition) is 4. The molecule has 0 bridgehead atoms. The molecule has 0 aliphatic rings. The van der Waals surface area contributed by atoms with Crippen LogP contribution in [0.1, 0.15) is 44.6 Å². The van der Waals surface area contributed by atoms with E-state index >= 15 is 0 Å². The van der Waals surface area contributed by atoms with Gasteiger partial charge >= 0.3 is 0 Å². The maximum atomic E-state index is 5.27. The molecule has 19 heavy (non-hydrogen) atoms. The lowest BCUT2D eigenvalue weighted by atomic mass is 10.1. The minimum atomic E-state index is 0.387. The SMILES string of the molecule is CC(CCn1cccn1)NCc1cc(C(C)C)on1. The zero-order valence-electron chi connectivity index (χ0n) is 11.8. The molecule has 0 amide bonds. The number of aromatic nitrogens is 3. The molecule has 1 atom stereocenters. The van der Waals surface area contributed by atoms with Crippen molar-refractivity contribution in [1.82, 2.24) is 20.3 Å². The Kier molecular flexibility index (Phi) is 4.74. The fraction of sp³-hybridized carbons (Fsp3) is 0.571. The van der Waals surface area contributed by atoms with Gasteiger partial charge in [0.15, 0.2) is 0 Å². The maximum Gasteiger partial charge on any atom is 0.139 e. The van der Waals surface area contributed by atoms with Gasteiger partial charge in [0.05, 0.1) is 5.69 Å². The van der Waals surface area contributed by atoms with E-state index in [0.29, 0.717) is 12.0 Å². The summed E-state index contributed by atoms with van der Waals surface area (Å²) >= 11 is 0. The zero-order valence-corrected chi connectivity index (χ0v) is 11.8. The van der Waals surface area contributed by atoms with Crippen LogP contribution in [-0.4, -0.2) is 21.0 Å². The smallest absolute Gasteiger partial charge is 0.139 e. The average molecular weight is 262 g/mol. The van der Waals surface area contributed by atoms with E-state index < -0.39 is 0 Å². The van der Waals surface area contributed by atoms with E-state index in [2.05, 4.69) is 36.3 Å². The number of nitrogens with zero attached hydrogens (tertiary/aromatic N) is 3. The van der Waals surface area contributed by atoms with Gasteiger partial charge in [0.25, 0.3) is 0 Å². The van der Waals surface area contributed by atoms with Crippen molar-refractivity contribution in [3.63, 3.8) is 0 Å². The molecule has 0 saturated heterocycles. The highest BCUT2D eigenvalue weighted by Crippen LogP contribution is 2.14. The number of rotatable bonds is 7. The maximum absolute atomic E-state index is 5.27. The van der Waals surface area contributed by atoms with Crippen molar-refractivity contribution >= 4 is 0 Å². The summed E-state index contributed by atoms with van der Waals surface area (Å²) in [5.74, 6) is 1.33. The predicted molar refractivity (Wildman–Crippen MR) is 73.7 cm³/mol. The highest BCUT2D eigenvalue weighted by atomic mass is 16.5. The third kappa shape index (κ3) is 4.21. The second kappa shape index (κ2) is 6.52. The quantitative estimate of drug-likeness (QED) is 0.833. The monoisotopic (exact) mass is 262 g/mol. The number of aryl methyl sites for hydroxylation is 1. The highest BCUT2D eigenvalue weighted by molar-refractivity contribution is 5.08. The summed E-state index contributed by atoms with van der Waals surface area (Å²) in [5.41, 5.74) is 0.967. The Morgan fingerprint density at radius 3 is 2.84 bits per heavy atom. The number of hydrogen-bond donors (Lipinski definition) is 1. The Bertz CT molecular complexity index is 475. The second-order valence-corrected chi connectivity index (χ2v) is 5.22. The van der Waals surface area contributed by atoms with E-state index in [1.807, 2.05) is 23.0 Å². The molecule has 0 fully saturated rings. The molecule has 2 heterocycles. The van der Waals surface area contributed by atoms with Crippen molar-refractivity contribution in [2.75, 3.05) is 0 Å². The van der Waals surface area contributed by atoms with E-state index in [0.717, 1.165) is 31.0 Å². The molecule has 5 heteroatoms. The third-order valence-electron chi connectivity index (χ3n) is 3.13. The van der Waals surface area contributed by atoms with E-state index in [9.17, 15) is 0 Å². The van der Waals surface area contributed by atoms with Crippen LogP contribution < -0.4 is 5.32 Å². The first kappa shape index (κ1) is 13.8. The molecule has 0 aliphatic carbocycles. The first-order valence-electron chi connectivity index (χ1n) is 6.81. The van der Waals surface area contributed by atoms with Crippen LogP contribution in [0.4, 0.5) is 0 Å². The normalized spacial score (nSPS) is 13.1. The van der Waals surface area contributed by atoms with Crippen molar-refractivity contribution in [2.24, 2.45) is 0 Å². The van der Waals surface area contributed by atoms with Crippen molar-refractivity contribution < 1.29 is 4.52 Å². The molecule has 104 valence electrons. The van der Waals surface area contributed by atoms with Crippen LogP contribution in [-0.2, 0) is 13.1 Å². The van der Waals surface area contributed by atoms with Crippen LogP contribution in [0.5, 0.6) is 0 Å². The van der Waals surface area contributed by atoms with E-state index in [1.165, 1.54) is 0 Å². The molecule has 2 aromatic heterocycles. The predicted octanol–water partition coefficient (Wildman–Crippen LogP) is 2.56. The molecule has 0 spiro atoms. The van der Waals surface area contributed by atoms with Crippen LogP contribution in [0.3, 0.4) is 0 Å². The summed E-state index contributed by atoms with van der Waals surface area (Å²) in [7, 11) is 0. The lowest BCUT2D eigenvalue weighted by molar-refractivity contribution is 0.361. The fourth-order valence-electron chi connectivity index (χ4n) is 1.82. The molecule has 0 radical (unpaired) electrons. The minimum absolute atomic E-state index is 0.387. The van der Waals surface area contributed by atoms with Gasteiger partial charge in [-0.25, -0.2) is 0 Å². The largest absolute Gasteiger partial charge is 0.361 e. The molecule has 2 rings (SSSR count). The Hall–Kier alpha value is -1.62. The van der Waals surface area contributed by atoms with E-state index in [1.54, 1.807) is 6.20 Å². The Labute approximate surface area is 114 Å². The Balaban J connectivity index is 1.72. The molecule has 0 aliphatic heterocycles. The van der Waals surface area contributed by atoms with Crippen LogP contribution in [0.15, 0.2) is 29.0 Å². The summed E-state index contributed by atoms with van der Waals surface area (Å²) < 4.78 is 7.22. The first-order chi connectivity index (χ1) is 9.15. The van der Waals surface area contributed by atoms with Crippen LogP contribution in [0.25, 0.3) is 0 Å². The summed E-state index contributed by atoms with van der Waals surface area (Å²) in [5, 5.41) is 11.7. The van der Waals surface area contributed by atoms with Crippen molar-refractivity contribution in [1.29, 1.82) is 0 Å². The molecular formula is C14H22N4O. The van der Waals surface area contributed by atoms with E-state index in [-0.39, 0.29) is 0 Å². The van der Waals surface area contributed by atoms with Gasteiger partial charge < -0.3 is 9.84 Å². The summed E-state index contributed by atoms with van der Waals surface area (Å²) in [6.07, 6.45) is 4.83. The van der Waals surface area contributed by atoms with Gasteiger partial charge in [-0.15, -0.1) is 0 Å².